The number of carbonyl (C=O) groups excluding carboxylic acids is 2. The van der Waals surface area contributed by atoms with Crippen LogP contribution in [0.5, 0.6) is 0 Å². The van der Waals surface area contributed by atoms with Gasteiger partial charge in [-0.1, -0.05) is 12.1 Å². The standard InChI is InChI=1S/C20H16F3N3O4/c1-20(10-11-3-5-12(21)6-4-11)19(28)25(2)16(18(27)24-20)9-13-15(26(29)30)8-7-14(22)17(13)23/h3-9H,10H2,1-2H3,(H,24,27). The number of piperazine rings is 1. The van der Waals surface area contributed by atoms with Crippen LogP contribution in [0.2, 0.25) is 0 Å². The Balaban J connectivity index is 1.99. The Hall–Kier alpha value is -3.69. The fourth-order valence-corrected chi connectivity index (χ4v) is 3.28. The molecular weight excluding hydrogens is 403 g/mol. The molecule has 0 spiro atoms. The highest BCUT2D eigenvalue weighted by atomic mass is 19.2. The molecule has 1 heterocycles. The van der Waals surface area contributed by atoms with Crippen molar-refractivity contribution in [1.82, 2.24) is 10.2 Å². The van der Waals surface area contributed by atoms with E-state index >= 15 is 0 Å². The van der Waals surface area contributed by atoms with Crippen LogP contribution in [0.25, 0.3) is 6.08 Å². The lowest BCUT2D eigenvalue weighted by molar-refractivity contribution is -0.385. The van der Waals surface area contributed by atoms with E-state index in [4.69, 9.17) is 0 Å². The van der Waals surface area contributed by atoms with Crippen molar-refractivity contribution in [1.29, 1.82) is 0 Å². The molecule has 0 saturated carbocycles. The first-order valence-corrected chi connectivity index (χ1v) is 8.72. The van der Waals surface area contributed by atoms with E-state index < -0.39 is 51.0 Å². The summed E-state index contributed by atoms with van der Waals surface area (Å²) < 4.78 is 40.9. The Morgan fingerprint density at radius 1 is 1.13 bits per heavy atom. The number of hydrogen-bond donors (Lipinski definition) is 1. The third-order valence-electron chi connectivity index (χ3n) is 4.82. The zero-order valence-electron chi connectivity index (χ0n) is 15.9. The summed E-state index contributed by atoms with van der Waals surface area (Å²) in [6.45, 7) is 1.47. The molecule has 1 aliphatic rings. The van der Waals surface area contributed by atoms with E-state index in [2.05, 4.69) is 5.32 Å². The number of benzene rings is 2. The van der Waals surface area contributed by atoms with Crippen LogP contribution in [0.3, 0.4) is 0 Å². The molecule has 156 valence electrons. The van der Waals surface area contributed by atoms with E-state index in [1.54, 1.807) is 0 Å². The lowest BCUT2D eigenvalue weighted by atomic mass is 9.88. The van der Waals surface area contributed by atoms with Crippen LogP contribution < -0.4 is 5.32 Å². The summed E-state index contributed by atoms with van der Waals surface area (Å²) in [7, 11) is 1.25. The molecule has 0 aliphatic carbocycles. The molecular formula is C20H16F3N3O4. The number of hydrogen-bond acceptors (Lipinski definition) is 4. The summed E-state index contributed by atoms with van der Waals surface area (Å²) >= 11 is 0. The van der Waals surface area contributed by atoms with Crippen LogP contribution in [-0.2, 0) is 16.0 Å². The van der Waals surface area contributed by atoms with Gasteiger partial charge in [0.1, 0.15) is 17.1 Å². The van der Waals surface area contributed by atoms with Gasteiger partial charge < -0.3 is 10.2 Å². The van der Waals surface area contributed by atoms with Crippen molar-refractivity contribution in [3.05, 3.63) is 80.8 Å². The van der Waals surface area contributed by atoms with Gasteiger partial charge >= 0.3 is 0 Å². The Morgan fingerprint density at radius 3 is 2.37 bits per heavy atom. The number of amides is 2. The number of nitrogens with one attached hydrogen (secondary N) is 1. The molecule has 2 aromatic carbocycles. The maximum atomic E-state index is 14.2. The van der Waals surface area contributed by atoms with Crippen molar-refractivity contribution in [2.45, 2.75) is 18.9 Å². The van der Waals surface area contributed by atoms with Crippen LogP contribution in [0.15, 0.2) is 42.1 Å². The minimum Gasteiger partial charge on any atom is -0.336 e. The average molecular weight is 419 g/mol. The summed E-state index contributed by atoms with van der Waals surface area (Å²) in [6, 6.07) is 6.74. The highest BCUT2D eigenvalue weighted by Crippen LogP contribution is 2.30. The zero-order valence-corrected chi connectivity index (χ0v) is 15.9. The van der Waals surface area contributed by atoms with E-state index in [-0.39, 0.29) is 12.1 Å². The second-order valence-corrected chi connectivity index (χ2v) is 7.03. The number of likely N-dealkylation sites (N-methyl/N-ethyl adjacent to an activating group) is 1. The minimum atomic E-state index is -1.51. The number of carbonyl (C=O) groups is 2. The summed E-state index contributed by atoms with van der Waals surface area (Å²) in [4.78, 5) is 36.8. The quantitative estimate of drug-likeness (QED) is 0.469. The fourth-order valence-electron chi connectivity index (χ4n) is 3.28. The van der Waals surface area contributed by atoms with Crippen molar-refractivity contribution in [3.63, 3.8) is 0 Å². The predicted molar refractivity (Wildman–Crippen MR) is 100 cm³/mol. The Kier molecular flexibility index (Phi) is 5.34. The van der Waals surface area contributed by atoms with Gasteiger partial charge in [0, 0.05) is 19.5 Å². The molecule has 2 aromatic rings. The molecule has 3 rings (SSSR count). The van der Waals surface area contributed by atoms with Crippen molar-refractivity contribution in [2.24, 2.45) is 0 Å². The molecule has 7 nitrogen and oxygen atoms in total. The van der Waals surface area contributed by atoms with E-state index in [0.29, 0.717) is 11.6 Å². The van der Waals surface area contributed by atoms with Crippen molar-refractivity contribution in [3.8, 4) is 0 Å². The fraction of sp³-hybridized carbons (Fsp3) is 0.200. The second-order valence-electron chi connectivity index (χ2n) is 7.03. The van der Waals surface area contributed by atoms with Gasteiger partial charge in [-0.05, 0) is 36.8 Å². The van der Waals surface area contributed by atoms with Crippen molar-refractivity contribution >= 4 is 23.6 Å². The first-order chi connectivity index (χ1) is 14.0. The van der Waals surface area contributed by atoms with Crippen LogP contribution in [0.4, 0.5) is 18.9 Å². The van der Waals surface area contributed by atoms with Crippen molar-refractivity contribution < 1.29 is 27.7 Å². The molecule has 10 heteroatoms. The van der Waals surface area contributed by atoms with E-state index in [1.807, 2.05) is 0 Å². The second kappa shape index (κ2) is 7.62. The summed E-state index contributed by atoms with van der Waals surface area (Å²) in [6.07, 6.45) is 0.811. The molecule has 1 unspecified atom stereocenters. The molecule has 1 aliphatic heterocycles. The molecule has 0 radical (unpaired) electrons. The number of nitrogens with zero attached hydrogens (tertiary/aromatic N) is 2. The molecule has 0 bridgehead atoms. The molecule has 2 amide bonds. The normalized spacial score (nSPS) is 20.4. The predicted octanol–water partition coefficient (Wildman–Crippen LogP) is 2.94. The molecule has 1 atom stereocenters. The first-order valence-electron chi connectivity index (χ1n) is 8.72. The summed E-state index contributed by atoms with van der Waals surface area (Å²) in [5.41, 5.74) is -2.71. The van der Waals surface area contributed by atoms with Gasteiger partial charge in [0.25, 0.3) is 17.5 Å². The highest BCUT2D eigenvalue weighted by Gasteiger charge is 2.44. The van der Waals surface area contributed by atoms with Crippen LogP contribution in [0, 0.1) is 27.6 Å². The van der Waals surface area contributed by atoms with Crippen molar-refractivity contribution in [2.75, 3.05) is 7.05 Å². The molecule has 1 fully saturated rings. The molecule has 30 heavy (non-hydrogen) atoms. The Morgan fingerprint density at radius 2 is 1.77 bits per heavy atom. The maximum absolute atomic E-state index is 14.2. The van der Waals surface area contributed by atoms with Crippen LogP contribution in [-0.4, -0.2) is 34.2 Å². The molecule has 0 aromatic heterocycles. The topological polar surface area (TPSA) is 92.6 Å². The van der Waals surface area contributed by atoms with E-state index in [0.717, 1.165) is 17.0 Å². The van der Waals surface area contributed by atoms with Gasteiger partial charge in [-0.25, -0.2) is 13.2 Å². The Bertz CT molecular complexity index is 1090. The maximum Gasteiger partial charge on any atom is 0.279 e. The number of halogens is 3. The smallest absolute Gasteiger partial charge is 0.279 e. The van der Waals surface area contributed by atoms with E-state index in [9.17, 15) is 32.9 Å². The van der Waals surface area contributed by atoms with E-state index in [1.165, 1.54) is 38.2 Å². The third-order valence-corrected chi connectivity index (χ3v) is 4.82. The summed E-state index contributed by atoms with van der Waals surface area (Å²) in [5, 5.41) is 13.7. The Labute approximate surface area is 168 Å². The first kappa shape index (κ1) is 21.0. The lowest BCUT2D eigenvalue weighted by Gasteiger charge is -2.39. The molecule has 1 saturated heterocycles. The minimum absolute atomic E-state index is 0.0456. The average Bonchev–Trinajstić information content (AvgIpc) is 2.68. The lowest BCUT2D eigenvalue weighted by Crippen LogP contribution is -2.64. The zero-order chi connectivity index (χ0) is 22.2. The number of nitro groups is 1. The summed E-state index contributed by atoms with van der Waals surface area (Å²) in [5.74, 6) is -4.69. The number of nitro benzene ring substituents is 1. The van der Waals surface area contributed by atoms with Crippen LogP contribution in [0.1, 0.15) is 18.1 Å². The van der Waals surface area contributed by atoms with Gasteiger partial charge in [0.05, 0.1) is 10.5 Å². The van der Waals surface area contributed by atoms with Gasteiger partial charge in [0.15, 0.2) is 11.6 Å². The third kappa shape index (κ3) is 3.76. The van der Waals surface area contributed by atoms with Gasteiger partial charge in [-0.2, -0.15) is 0 Å². The van der Waals surface area contributed by atoms with Gasteiger partial charge in [0.2, 0.25) is 0 Å². The highest BCUT2D eigenvalue weighted by molar-refractivity contribution is 6.09. The largest absolute Gasteiger partial charge is 0.336 e. The molecule has 1 N–H and O–H groups in total. The SMILES string of the molecule is CN1C(=O)C(C)(Cc2ccc(F)cc2)NC(=O)C1=Cc1c([N+](=O)[O-])ccc(F)c1F. The number of rotatable bonds is 4. The van der Waals surface area contributed by atoms with Crippen LogP contribution >= 0.6 is 0 Å². The monoisotopic (exact) mass is 419 g/mol. The van der Waals surface area contributed by atoms with Gasteiger partial charge in [-0.15, -0.1) is 0 Å². The van der Waals surface area contributed by atoms with Gasteiger partial charge in [-0.3, -0.25) is 19.7 Å².